The molecule has 108 valence electrons. The summed E-state index contributed by atoms with van der Waals surface area (Å²) in [5.41, 5.74) is -0.292. The van der Waals surface area contributed by atoms with Crippen LogP contribution in [0.1, 0.15) is 11.1 Å². The van der Waals surface area contributed by atoms with Gasteiger partial charge >= 0.3 is 6.18 Å². The van der Waals surface area contributed by atoms with E-state index in [4.69, 9.17) is 5.26 Å². The van der Waals surface area contributed by atoms with Crippen LogP contribution in [0.2, 0.25) is 0 Å². The lowest BCUT2D eigenvalue weighted by molar-refractivity contribution is -0.137. The zero-order chi connectivity index (χ0) is 15.6. The third-order valence-corrected chi connectivity index (χ3v) is 3.47. The Balaban J connectivity index is 2.27. The van der Waals surface area contributed by atoms with Crippen molar-refractivity contribution in [3.05, 3.63) is 57.8 Å². The van der Waals surface area contributed by atoms with E-state index in [0.717, 1.165) is 12.1 Å². The van der Waals surface area contributed by atoms with Gasteiger partial charge in [-0.05, 0) is 52.3 Å². The summed E-state index contributed by atoms with van der Waals surface area (Å²) in [4.78, 5) is 0. The molecule has 0 fully saturated rings. The Labute approximate surface area is 126 Å². The molecule has 7 heteroatoms. The fraction of sp³-hybridized carbons (Fsp3) is 0.0714. The fourth-order valence-corrected chi connectivity index (χ4v) is 2.06. The monoisotopic (exact) mass is 358 g/mol. The molecular formula is C14H7BrF4N2. The number of nitriles is 1. The van der Waals surface area contributed by atoms with Crippen molar-refractivity contribution in [2.45, 2.75) is 6.18 Å². The number of hydrogen-bond acceptors (Lipinski definition) is 2. The van der Waals surface area contributed by atoms with Crippen molar-refractivity contribution in [1.82, 2.24) is 0 Å². The van der Waals surface area contributed by atoms with Gasteiger partial charge in [-0.1, -0.05) is 0 Å². The summed E-state index contributed by atoms with van der Waals surface area (Å²) in [5.74, 6) is -0.686. The summed E-state index contributed by atoms with van der Waals surface area (Å²) in [6.45, 7) is 0. The van der Waals surface area contributed by atoms with Crippen molar-refractivity contribution in [2.24, 2.45) is 0 Å². The Hall–Kier alpha value is -2.07. The molecule has 0 heterocycles. The highest BCUT2D eigenvalue weighted by Gasteiger charge is 2.29. The molecule has 0 bridgehead atoms. The van der Waals surface area contributed by atoms with E-state index in [-0.39, 0.29) is 15.7 Å². The van der Waals surface area contributed by atoms with Crippen LogP contribution >= 0.6 is 15.9 Å². The summed E-state index contributed by atoms with van der Waals surface area (Å²) < 4.78 is 51.3. The number of nitrogens with one attached hydrogen (secondary N) is 1. The topological polar surface area (TPSA) is 35.8 Å². The maximum atomic E-state index is 14.0. The first-order chi connectivity index (χ1) is 9.82. The molecule has 0 amide bonds. The van der Waals surface area contributed by atoms with Crippen LogP contribution in [0.15, 0.2) is 40.9 Å². The molecule has 21 heavy (non-hydrogen) atoms. The molecule has 0 aliphatic heterocycles. The Kier molecular flexibility index (Phi) is 4.19. The van der Waals surface area contributed by atoms with Gasteiger partial charge in [0.05, 0.1) is 21.3 Å². The lowest BCUT2D eigenvalue weighted by Gasteiger charge is -2.11. The average molecular weight is 359 g/mol. The van der Waals surface area contributed by atoms with Crippen molar-refractivity contribution in [2.75, 3.05) is 5.32 Å². The van der Waals surface area contributed by atoms with E-state index in [9.17, 15) is 17.6 Å². The molecule has 0 aliphatic carbocycles. The normalized spacial score (nSPS) is 11.0. The van der Waals surface area contributed by atoms with Gasteiger partial charge in [0.15, 0.2) is 5.82 Å². The molecule has 0 unspecified atom stereocenters. The Morgan fingerprint density at radius 3 is 2.19 bits per heavy atom. The van der Waals surface area contributed by atoms with Gasteiger partial charge in [-0.15, -0.1) is 0 Å². The van der Waals surface area contributed by atoms with Crippen LogP contribution in [0.3, 0.4) is 0 Å². The maximum Gasteiger partial charge on any atom is 0.416 e. The summed E-state index contributed by atoms with van der Waals surface area (Å²) in [7, 11) is 0. The molecule has 2 aromatic rings. The SMILES string of the molecule is N#Cc1ccc(Nc2ccc(C(F)(F)F)cc2)c(F)c1Br. The minimum Gasteiger partial charge on any atom is -0.353 e. The smallest absolute Gasteiger partial charge is 0.353 e. The van der Waals surface area contributed by atoms with Crippen LogP contribution in [0.4, 0.5) is 28.9 Å². The van der Waals surface area contributed by atoms with Crippen molar-refractivity contribution in [3.8, 4) is 6.07 Å². The summed E-state index contributed by atoms with van der Waals surface area (Å²) in [6, 6.07) is 8.77. The Morgan fingerprint density at radius 1 is 1.05 bits per heavy atom. The second kappa shape index (κ2) is 5.74. The second-order valence-electron chi connectivity index (χ2n) is 4.10. The van der Waals surface area contributed by atoms with Gasteiger partial charge in [-0.2, -0.15) is 18.4 Å². The van der Waals surface area contributed by atoms with Crippen LogP contribution in [-0.2, 0) is 6.18 Å². The number of hydrogen-bond donors (Lipinski definition) is 1. The number of alkyl halides is 3. The highest BCUT2D eigenvalue weighted by atomic mass is 79.9. The second-order valence-corrected chi connectivity index (χ2v) is 4.89. The van der Waals surface area contributed by atoms with Gasteiger partial charge < -0.3 is 5.32 Å². The zero-order valence-corrected chi connectivity index (χ0v) is 11.9. The maximum absolute atomic E-state index is 14.0. The number of anilines is 2. The first-order valence-electron chi connectivity index (χ1n) is 5.65. The molecule has 2 rings (SSSR count). The highest BCUT2D eigenvalue weighted by molar-refractivity contribution is 9.10. The van der Waals surface area contributed by atoms with E-state index in [1.807, 2.05) is 6.07 Å². The van der Waals surface area contributed by atoms with Crippen LogP contribution in [0, 0.1) is 17.1 Å². The highest BCUT2D eigenvalue weighted by Crippen LogP contribution is 2.32. The molecule has 0 aliphatic rings. The Morgan fingerprint density at radius 2 is 1.67 bits per heavy atom. The molecule has 0 saturated heterocycles. The average Bonchev–Trinajstić information content (AvgIpc) is 2.44. The number of nitrogens with zero attached hydrogens (tertiary/aromatic N) is 1. The first kappa shape index (κ1) is 15.3. The summed E-state index contributed by atoms with van der Waals surface area (Å²) in [5, 5.41) is 11.4. The zero-order valence-electron chi connectivity index (χ0n) is 10.3. The third kappa shape index (κ3) is 3.34. The van der Waals surface area contributed by atoms with Gasteiger partial charge in [0.2, 0.25) is 0 Å². The molecular weight excluding hydrogens is 352 g/mol. The third-order valence-electron chi connectivity index (χ3n) is 2.69. The standard InChI is InChI=1S/C14H7BrF4N2/c15-12-8(7-20)1-6-11(13(12)16)21-10-4-2-9(3-5-10)14(17,18)19/h1-6,21H. The van der Waals surface area contributed by atoms with Crippen molar-refractivity contribution < 1.29 is 17.6 Å². The van der Waals surface area contributed by atoms with E-state index < -0.39 is 17.6 Å². The predicted octanol–water partition coefficient (Wildman–Crippen LogP) is 5.22. The van der Waals surface area contributed by atoms with Gasteiger partial charge in [0, 0.05) is 5.69 Å². The predicted molar refractivity (Wildman–Crippen MR) is 73.5 cm³/mol. The van der Waals surface area contributed by atoms with Gasteiger partial charge in [-0.25, -0.2) is 4.39 Å². The minimum absolute atomic E-state index is 0.00177. The molecule has 0 spiro atoms. The van der Waals surface area contributed by atoms with E-state index in [1.165, 1.54) is 24.3 Å². The van der Waals surface area contributed by atoms with Crippen LogP contribution in [0.5, 0.6) is 0 Å². The van der Waals surface area contributed by atoms with Gasteiger partial charge in [0.1, 0.15) is 6.07 Å². The number of halogens is 5. The van der Waals surface area contributed by atoms with Crippen LogP contribution < -0.4 is 5.32 Å². The molecule has 0 aromatic heterocycles. The molecule has 0 radical (unpaired) electrons. The molecule has 0 saturated carbocycles. The van der Waals surface area contributed by atoms with E-state index in [0.29, 0.717) is 5.69 Å². The van der Waals surface area contributed by atoms with E-state index in [1.54, 1.807) is 0 Å². The van der Waals surface area contributed by atoms with Crippen molar-refractivity contribution in [3.63, 3.8) is 0 Å². The van der Waals surface area contributed by atoms with Crippen molar-refractivity contribution >= 4 is 27.3 Å². The lowest BCUT2D eigenvalue weighted by atomic mass is 10.1. The summed E-state index contributed by atoms with van der Waals surface area (Å²) in [6.07, 6.45) is -4.42. The first-order valence-corrected chi connectivity index (χ1v) is 6.44. The molecule has 1 N–H and O–H groups in total. The van der Waals surface area contributed by atoms with E-state index in [2.05, 4.69) is 21.2 Å². The quantitative estimate of drug-likeness (QED) is 0.746. The molecule has 0 atom stereocenters. The van der Waals surface area contributed by atoms with Gasteiger partial charge in [-0.3, -0.25) is 0 Å². The van der Waals surface area contributed by atoms with E-state index >= 15 is 0 Å². The van der Waals surface area contributed by atoms with Crippen LogP contribution in [0.25, 0.3) is 0 Å². The van der Waals surface area contributed by atoms with Gasteiger partial charge in [0.25, 0.3) is 0 Å². The Bertz CT molecular complexity index is 703. The summed E-state index contributed by atoms with van der Waals surface area (Å²) >= 11 is 2.96. The number of benzene rings is 2. The number of rotatable bonds is 2. The minimum atomic E-state index is -4.42. The van der Waals surface area contributed by atoms with Crippen LogP contribution in [-0.4, -0.2) is 0 Å². The lowest BCUT2D eigenvalue weighted by Crippen LogP contribution is -2.04. The fourth-order valence-electron chi connectivity index (χ4n) is 1.63. The largest absolute Gasteiger partial charge is 0.416 e. The molecule has 2 aromatic carbocycles. The van der Waals surface area contributed by atoms with Crippen molar-refractivity contribution in [1.29, 1.82) is 5.26 Å². The molecule has 2 nitrogen and oxygen atoms in total.